The summed E-state index contributed by atoms with van der Waals surface area (Å²) in [4.78, 5) is 2.56. The molecule has 3 rings (SSSR count). The highest BCUT2D eigenvalue weighted by molar-refractivity contribution is 5.65. The average Bonchev–Trinajstić information content (AvgIpc) is 2.56. The Bertz CT molecular complexity index is 574. The summed E-state index contributed by atoms with van der Waals surface area (Å²) in [5.74, 6) is 0.742. The Balaban J connectivity index is 1.43. The zero-order chi connectivity index (χ0) is 15.2. The van der Waals surface area contributed by atoms with E-state index in [1.54, 1.807) is 0 Å². The number of para-hydroxylation sites is 2. The van der Waals surface area contributed by atoms with Gasteiger partial charge >= 0.3 is 0 Å². The number of anilines is 2. The van der Waals surface area contributed by atoms with Crippen LogP contribution in [0.2, 0.25) is 0 Å². The summed E-state index contributed by atoms with van der Waals surface area (Å²) in [5.41, 5.74) is 9.29. The molecule has 1 heterocycles. The lowest BCUT2D eigenvalue weighted by molar-refractivity contribution is 0.182. The maximum absolute atomic E-state index is 5.97. The van der Waals surface area contributed by atoms with E-state index in [2.05, 4.69) is 46.6 Å². The number of hydrogen-bond acceptors (Lipinski definition) is 3. The maximum atomic E-state index is 5.97. The molecule has 3 nitrogen and oxygen atoms in total. The van der Waals surface area contributed by atoms with Crippen LogP contribution in [0.5, 0.6) is 0 Å². The zero-order valence-corrected chi connectivity index (χ0v) is 13.0. The second-order valence-corrected chi connectivity index (χ2v) is 6.17. The Labute approximate surface area is 133 Å². The van der Waals surface area contributed by atoms with E-state index in [1.807, 2.05) is 18.2 Å². The Morgan fingerprint density at radius 2 is 1.64 bits per heavy atom. The highest BCUT2D eigenvalue weighted by Gasteiger charge is 2.19. The number of hydrogen-bond donors (Lipinski definition) is 2. The van der Waals surface area contributed by atoms with Crippen molar-refractivity contribution >= 4 is 11.4 Å². The van der Waals surface area contributed by atoms with Crippen molar-refractivity contribution in [3.8, 4) is 0 Å². The summed E-state index contributed by atoms with van der Waals surface area (Å²) < 4.78 is 0. The third kappa shape index (κ3) is 4.01. The normalized spacial score (nSPS) is 16.5. The molecular weight excluding hydrogens is 270 g/mol. The van der Waals surface area contributed by atoms with Gasteiger partial charge in [-0.1, -0.05) is 42.5 Å². The second kappa shape index (κ2) is 7.32. The Hall–Kier alpha value is -2.00. The van der Waals surface area contributed by atoms with Gasteiger partial charge in [0.2, 0.25) is 0 Å². The highest BCUT2D eigenvalue weighted by atomic mass is 15.1. The van der Waals surface area contributed by atoms with Crippen molar-refractivity contribution in [2.75, 3.05) is 30.7 Å². The third-order valence-electron chi connectivity index (χ3n) is 4.50. The Kier molecular flexibility index (Phi) is 4.96. The Morgan fingerprint density at radius 1 is 0.955 bits per heavy atom. The first-order chi connectivity index (χ1) is 10.8. The molecule has 0 bridgehead atoms. The molecule has 3 heteroatoms. The molecule has 1 fully saturated rings. The molecule has 0 radical (unpaired) electrons. The molecule has 2 aromatic rings. The molecule has 0 saturated carbocycles. The Morgan fingerprint density at radius 3 is 2.36 bits per heavy atom. The first-order valence-electron chi connectivity index (χ1n) is 8.16. The molecule has 1 aliphatic rings. The fraction of sp³-hybridized carbons (Fsp3) is 0.368. The SMILES string of the molecule is Nc1ccccc1NCC1CCN(Cc2ccccc2)CC1. The molecule has 0 aromatic heterocycles. The number of piperidine rings is 1. The van der Waals surface area contributed by atoms with Gasteiger partial charge in [-0.2, -0.15) is 0 Å². The summed E-state index contributed by atoms with van der Waals surface area (Å²) in [7, 11) is 0. The summed E-state index contributed by atoms with van der Waals surface area (Å²) in [6.45, 7) is 4.47. The van der Waals surface area contributed by atoms with Gasteiger partial charge in [-0.3, -0.25) is 4.90 Å². The van der Waals surface area contributed by atoms with Gasteiger partial charge < -0.3 is 11.1 Å². The smallest absolute Gasteiger partial charge is 0.0573 e. The number of nitrogens with one attached hydrogen (secondary N) is 1. The van der Waals surface area contributed by atoms with Crippen LogP contribution in [0.15, 0.2) is 54.6 Å². The minimum atomic E-state index is 0.742. The van der Waals surface area contributed by atoms with E-state index in [1.165, 1.54) is 31.5 Å². The second-order valence-electron chi connectivity index (χ2n) is 6.17. The van der Waals surface area contributed by atoms with Crippen LogP contribution in [-0.2, 0) is 6.54 Å². The molecule has 0 unspecified atom stereocenters. The van der Waals surface area contributed by atoms with Crippen molar-refractivity contribution in [1.82, 2.24) is 4.90 Å². The van der Waals surface area contributed by atoms with E-state index in [9.17, 15) is 0 Å². The quantitative estimate of drug-likeness (QED) is 0.828. The molecule has 3 N–H and O–H groups in total. The van der Waals surface area contributed by atoms with Gasteiger partial charge in [-0.25, -0.2) is 0 Å². The van der Waals surface area contributed by atoms with Gasteiger partial charge in [-0.05, 0) is 49.5 Å². The van der Waals surface area contributed by atoms with Crippen LogP contribution in [0.4, 0.5) is 11.4 Å². The minimum Gasteiger partial charge on any atom is -0.397 e. The average molecular weight is 295 g/mol. The van der Waals surface area contributed by atoms with Crippen molar-refractivity contribution in [2.45, 2.75) is 19.4 Å². The monoisotopic (exact) mass is 295 g/mol. The number of likely N-dealkylation sites (tertiary alicyclic amines) is 1. The summed E-state index contributed by atoms with van der Waals surface area (Å²) in [5, 5.41) is 3.50. The van der Waals surface area contributed by atoms with Gasteiger partial charge in [-0.15, -0.1) is 0 Å². The first-order valence-corrected chi connectivity index (χ1v) is 8.16. The van der Waals surface area contributed by atoms with Gasteiger partial charge in [0.05, 0.1) is 11.4 Å². The largest absolute Gasteiger partial charge is 0.397 e. The fourth-order valence-electron chi connectivity index (χ4n) is 3.10. The zero-order valence-electron chi connectivity index (χ0n) is 13.0. The number of nitrogens with zero attached hydrogens (tertiary/aromatic N) is 1. The number of benzene rings is 2. The maximum Gasteiger partial charge on any atom is 0.0573 e. The lowest BCUT2D eigenvalue weighted by Crippen LogP contribution is -2.35. The fourth-order valence-corrected chi connectivity index (χ4v) is 3.10. The molecule has 0 amide bonds. The van der Waals surface area contributed by atoms with Crippen LogP contribution in [0.1, 0.15) is 18.4 Å². The van der Waals surface area contributed by atoms with E-state index in [0.717, 1.165) is 30.4 Å². The van der Waals surface area contributed by atoms with Crippen LogP contribution >= 0.6 is 0 Å². The molecule has 2 aromatic carbocycles. The molecule has 0 aliphatic carbocycles. The van der Waals surface area contributed by atoms with Crippen molar-refractivity contribution < 1.29 is 0 Å². The molecular formula is C19H25N3. The van der Waals surface area contributed by atoms with E-state index in [4.69, 9.17) is 5.73 Å². The predicted molar refractivity (Wildman–Crippen MR) is 93.8 cm³/mol. The van der Waals surface area contributed by atoms with E-state index < -0.39 is 0 Å². The molecule has 0 atom stereocenters. The number of rotatable bonds is 5. The molecule has 22 heavy (non-hydrogen) atoms. The number of nitrogens with two attached hydrogens (primary N) is 1. The standard InChI is InChI=1S/C19H25N3/c20-18-8-4-5-9-19(18)21-14-16-10-12-22(13-11-16)15-17-6-2-1-3-7-17/h1-9,16,21H,10-15,20H2. The van der Waals surface area contributed by atoms with Gasteiger partial charge in [0.15, 0.2) is 0 Å². The van der Waals surface area contributed by atoms with Crippen LogP contribution in [0.3, 0.4) is 0 Å². The summed E-state index contributed by atoms with van der Waals surface area (Å²) >= 11 is 0. The predicted octanol–water partition coefficient (Wildman–Crippen LogP) is 3.59. The topological polar surface area (TPSA) is 41.3 Å². The highest BCUT2D eigenvalue weighted by Crippen LogP contribution is 2.22. The van der Waals surface area contributed by atoms with Gasteiger partial charge in [0.25, 0.3) is 0 Å². The van der Waals surface area contributed by atoms with E-state index in [-0.39, 0.29) is 0 Å². The number of nitrogen functional groups attached to an aromatic ring is 1. The third-order valence-corrected chi connectivity index (χ3v) is 4.50. The summed E-state index contributed by atoms with van der Waals surface area (Å²) in [6.07, 6.45) is 2.51. The molecule has 1 aliphatic heterocycles. The van der Waals surface area contributed by atoms with Gasteiger partial charge in [0, 0.05) is 13.1 Å². The van der Waals surface area contributed by atoms with Crippen molar-refractivity contribution in [2.24, 2.45) is 5.92 Å². The van der Waals surface area contributed by atoms with Crippen molar-refractivity contribution in [3.63, 3.8) is 0 Å². The summed E-state index contributed by atoms with van der Waals surface area (Å²) in [6, 6.07) is 18.8. The van der Waals surface area contributed by atoms with Crippen LogP contribution in [-0.4, -0.2) is 24.5 Å². The lowest BCUT2D eigenvalue weighted by atomic mass is 9.96. The molecule has 0 spiro atoms. The van der Waals surface area contributed by atoms with Crippen LogP contribution in [0.25, 0.3) is 0 Å². The van der Waals surface area contributed by atoms with Crippen molar-refractivity contribution in [1.29, 1.82) is 0 Å². The van der Waals surface area contributed by atoms with Crippen molar-refractivity contribution in [3.05, 3.63) is 60.2 Å². The molecule has 116 valence electrons. The first kappa shape index (κ1) is 14.9. The van der Waals surface area contributed by atoms with Crippen LogP contribution < -0.4 is 11.1 Å². The van der Waals surface area contributed by atoms with E-state index >= 15 is 0 Å². The van der Waals surface area contributed by atoms with Crippen LogP contribution in [0, 0.1) is 5.92 Å². The van der Waals surface area contributed by atoms with E-state index in [0.29, 0.717) is 0 Å². The lowest BCUT2D eigenvalue weighted by Gasteiger charge is -2.32. The molecule has 1 saturated heterocycles. The minimum absolute atomic E-state index is 0.742. The van der Waals surface area contributed by atoms with Gasteiger partial charge in [0.1, 0.15) is 0 Å².